The number of nitrogens with zero attached hydrogens (tertiary/aromatic N) is 3. The van der Waals surface area contributed by atoms with Gasteiger partial charge in [-0.15, -0.1) is 11.3 Å². The van der Waals surface area contributed by atoms with Crippen molar-refractivity contribution in [2.45, 2.75) is 12.5 Å². The standard InChI is InChI=1S/C13H13N3O2S/c17-12(11-3-1-8-19-11)16-7-4-10(9-16)18-13-14-5-2-6-15-13/h1-3,5-6,8,10H,4,7,9H2/t10-/m1/s1. The molecule has 5 nitrogen and oxygen atoms in total. The van der Waals surface area contributed by atoms with Gasteiger partial charge in [-0.2, -0.15) is 0 Å². The SMILES string of the molecule is O=C(c1cccs1)N1CC[C@@H](Oc2ncccn2)C1. The van der Waals surface area contributed by atoms with Gasteiger partial charge in [-0.05, 0) is 17.5 Å². The van der Waals surface area contributed by atoms with Crippen molar-refractivity contribution in [1.29, 1.82) is 0 Å². The largest absolute Gasteiger partial charge is 0.458 e. The summed E-state index contributed by atoms with van der Waals surface area (Å²) in [7, 11) is 0. The first-order valence-electron chi connectivity index (χ1n) is 6.09. The molecular formula is C13H13N3O2S. The highest BCUT2D eigenvalue weighted by Gasteiger charge is 2.29. The van der Waals surface area contributed by atoms with Crippen LogP contribution in [0.25, 0.3) is 0 Å². The Morgan fingerprint density at radius 3 is 2.95 bits per heavy atom. The zero-order chi connectivity index (χ0) is 13.1. The van der Waals surface area contributed by atoms with Crippen LogP contribution in [0, 0.1) is 0 Å². The molecule has 0 aromatic carbocycles. The second-order valence-electron chi connectivity index (χ2n) is 4.29. The Bertz CT molecular complexity index is 544. The summed E-state index contributed by atoms with van der Waals surface area (Å²) in [5.41, 5.74) is 0. The average Bonchev–Trinajstić information content (AvgIpc) is 3.10. The third-order valence-corrected chi connectivity index (χ3v) is 3.84. The highest BCUT2D eigenvalue weighted by molar-refractivity contribution is 7.12. The second kappa shape index (κ2) is 5.36. The molecule has 0 unspecified atom stereocenters. The molecule has 0 aliphatic carbocycles. The lowest BCUT2D eigenvalue weighted by molar-refractivity contribution is 0.0774. The number of thiophene rings is 1. The number of ether oxygens (including phenoxy) is 1. The summed E-state index contributed by atoms with van der Waals surface area (Å²) in [6.07, 6.45) is 4.08. The maximum Gasteiger partial charge on any atom is 0.316 e. The molecule has 0 N–H and O–H groups in total. The van der Waals surface area contributed by atoms with E-state index in [-0.39, 0.29) is 12.0 Å². The van der Waals surface area contributed by atoms with E-state index in [9.17, 15) is 4.79 Å². The Morgan fingerprint density at radius 2 is 2.21 bits per heavy atom. The predicted molar refractivity (Wildman–Crippen MR) is 71.3 cm³/mol. The third-order valence-electron chi connectivity index (χ3n) is 2.98. The van der Waals surface area contributed by atoms with E-state index in [0.29, 0.717) is 19.1 Å². The van der Waals surface area contributed by atoms with Crippen molar-refractivity contribution in [2.75, 3.05) is 13.1 Å². The molecule has 3 heterocycles. The highest BCUT2D eigenvalue weighted by atomic mass is 32.1. The number of amides is 1. The number of hydrogen-bond acceptors (Lipinski definition) is 5. The molecule has 19 heavy (non-hydrogen) atoms. The van der Waals surface area contributed by atoms with Crippen molar-refractivity contribution in [3.8, 4) is 6.01 Å². The lowest BCUT2D eigenvalue weighted by Gasteiger charge is -2.15. The number of rotatable bonds is 3. The molecule has 0 spiro atoms. The minimum atomic E-state index is -0.0219. The van der Waals surface area contributed by atoms with Crippen LogP contribution in [-0.2, 0) is 0 Å². The highest BCUT2D eigenvalue weighted by Crippen LogP contribution is 2.19. The number of likely N-dealkylation sites (tertiary alicyclic amines) is 1. The summed E-state index contributed by atoms with van der Waals surface area (Å²) in [5.74, 6) is 0.0788. The quantitative estimate of drug-likeness (QED) is 0.857. The Hall–Kier alpha value is -1.95. The lowest BCUT2D eigenvalue weighted by Crippen LogP contribution is -2.30. The van der Waals surface area contributed by atoms with Gasteiger partial charge in [0.05, 0.1) is 11.4 Å². The third kappa shape index (κ3) is 2.73. The molecule has 98 valence electrons. The normalized spacial score (nSPS) is 18.5. The van der Waals surface area contributed by atoms with Gasteiger partial charge in [0, 0.05) is 25.4 Å². The van der Waals surface area contributed by atoms with E-state index in [2.05, 4.69) is 9.97 Å². The number of carbonyl (C=O) groups excluding carboxylic acids is 1. The Morgan fingerprint density at radius 1 is 1.37 bits per heavy atom. The van der Waals surface area contributed by atoms with E-state index < -0.39 is 0 Å². The Kier molecular flexibility index (Phi) is 3.41. The fourth-order valence-electron chi connectivity index (χ4n) is 2.06. The molecule has 2 aromatic heterocycles. The van der Waals surface area contributed by atoms with Crippen molar-refractivity contribution in [1.82, 2.24) is 14.9 Å². The molecule has 0 radical (unpaired) electrons. The molecule has 1 saturated heterocycles. The topological polar surface area (TPSA) is 55.3 Å². The summed E-state index contributed by atoms with van der Waals surface area (Å²) >= 11 is 1.47. The number of carbonyl (C=O) groups is 1. The summed E-state index contributed by atoms with van der Waals surface area (Å²) in [6, 6.07) is 5.85. The molecule has 1 atom stereocenters. The van der Waals surface area contributed by atoms with E-state index in [1.807, 2.05) is 22.4 Å². The predicted octanol–water partition coefficient (Wildman–Crippen LogP) is 1.83. The fraction of sp³-hybridized carbons (Fsp3) is 0.308. The van der Waals surface area contributed by atoms with Gasteiger partial charge in [0.1, 0.15) is 6.10 Å². The van der Waals surface area contributed by atoms with Gasteiger partial charge < -0.3 is 9.64 Å². The van der Waals surface area contributed by atoms with Crippen molar-refractivity contribution in [3.63, 3.8) is 0 Å². The molecule has 1 fully saturated rings. The van der Waals surface area contributed by atoms with Crippen LogP contribution in [0.2, 0.25) is 0 Å². The molecule has 1 aliphatic heterocycles. The van der Waals surface area contributed by atoms with E-state index in [1.54, 1.807) is 18.5 Å². The van der Waals surface area contributed by atoms with Crippen LogP contribution in [0.5, 0.6) is 6.01 Å². The van der Waals surface area contributed by atoms with E-state index in [1.165, 1.54) is 11.3 Å². The van der Waals surface area contributed by atoms with Crippen LogP contribution < -0.4 is 4.74 Å². The summed E-state index contributed by atoms with van der Waals surface area (Å²) in [4.78, 5) is 22.8. The molecular weight excluding hydrogens is 262 g/mol. The minimum Gasteiger partial charge on any atom is -0.458 e. The molecule has 2 aromatic rings. The first kappa shape index (κ1) is 12.1. The van der Waals surface area contributed by atoms with Crippen LogP contribution >= 0.6 is 11.3 Å². The van der Waals surface area contributed by atoms with Crippen LogP contribution in [0.3, 0.4) is 0 Å². The summed E-state index contributed by atoms with van der Waals surface area (Å²) in [6.45, 7) is 1.31. The maximum atomic E-state index is 12.2. The van der Waals surface area contributed by atoms with Crippen LogP contribution in [-0.4, -0.2) is 40.0 Å². The van der Waals surface area contributed by atoms with E-state index in [0.717, 1.165) is 11.3 Å². The van der Waals surface area contributed by atoms with E-state index in [4.69, 9.17) is 4.74 Å². The van der Waals surface area contributed by atoms with Gasteiger partial charge >= 0.3 is 6.01 Å². The first-order chi connectivity index (χ1) is 9.33. The second-order valence-corrected chi connectivity index (χ2v) is 5.24. The van der Waals surface area contributed by atoms with Crippen molar-refractivity contribution in [2.24, 2.45) is 0 Å². The average molecular weight is 275 g/mol. The summed E-state index contributed by atoms with van der Waals surface area (Å²) < 4.78 is 5.66. The smallest absolute Gasteiger partial charge is 0.316 e. The molecule has 1 aliphatic rings. The van der Waals surface area contributed by atoms with Crippen molar-refractivity contribution < 1.29 is 9.53 Å². The van der Waals surface area contributed by atoms with Gasteiger partial charge in [-0.25, -0.2) is 9.97 Å². The van der Waals surface area contributed by atoms with Crippen LogP contribution in [0.15, 0.2) is 36.0 Å². The van der Waals surface area contributed by atoms with Crippen molar-refractivity contribution >= 4 is 17.2 Å². The zero-order valence-electron chi connectivity index (χ0n) is 10.2. The lowest BCUT2D eigenvalue weighted by atomic mass is 10.3. The van der Waals surface area contributed by atoms with Gasteiger partial charge in [-0.1, -0.05) is 6.07 Å². The molecule has 0 bridgehead atoms. The number of hydrogen-bond donors (Lipinski definition) is 0. The van der Waals surface area contributed by atoms with Crippen molar-refractivity contribution in [3.05, 3.63) is 40.8 Å². The monoisotopic (exact) mass is 275 g/mol. The molecule has 6 heteroatoms. The van der Waals surface area contributed by atoms with Gasteiger partial charge in [0.25, 0.3) is 5.91 Å². The Labute approximate surface area is 114 Å². The van der Waals surface area contributed by atoms with Gasteiger partial charge in [0.15, 0.2) is 0 Å². The van der Waals surface area contributed by atoms with Crippen LogP contribution in [0.4, 0.5) is 0 Å². The zero-order valence-corrected chi connectivity index (χ0v) is 11.0. The molecule has 3 rings (SSSR count). The molecule has 1 amide bonds. The first-order valence-corrected chi connectivity index (χ1v) is 6.97. The minimum absolute atomic E-state index is 0.0219. The fourth-order valence-corrected chi connectivity index (χ4v) is 2.75. The van der Waals surface area contributed by atoms with Gasteiger partial charge in [-0.3, -0.25) is 4.79 Å². The van der Waals surface area contributed by atoms with E-state index >= 15 is 0 Å². The van der Waals surface area contributed by atoms with Gasteiger partial charge in [0.2, 0.25) is 0 Å². The Balaban J connectivity index is 1.60. The maximum absolute atomic E-state index is 12.2. The van der Waals surface area contributed by atoms with Crippen LogP contribution in [0.1, 0.15) is 16.1 Å². The number of aromatic nitrogens is 2. The molecule has 0 saturated carbocycles. The summed E-state index contributed by atoms with van der Waals surface area (Å²) in [5, 5.41) is 1.91.